The number of hydrogen-bond acceptors (Lipinski definition) is 4. The van der Waals surface area contributed by atoms with E-state index in [1.54, 1.807) is 12.3 Å². The van der Waals surface area contributed by atoms with E-state index in [1.807, 2.05) is 12.1 Å². The summed E-state index contributed by atoms with van der Waals surface area (Å²) >= 11 is 0. The Morgan fingerprint density at radius 3 is 2.25 bits per heavy atom. The Bertz CT molecular complexity index is 991. The second kappa shape index (κ2) is 8.27. The van der Waals surface area contributed by atoms with Crippen LogP contribution in [-0.2, 0) is 10.2 Å². The lowest BCUT2D eigenvalue weighted by Crippen LogP contribution is -2.48. The Morgan fingerprint density at radius 1 is 1.06 bits per heavy atom. The molecule has 2 aromatic rings. The lowest BCUT2D eigenvalue weighted by molar-refractivity contribution is -0.144. The maximum absolute atomic E-state index is 11.3. The number of carboxylic acids is 1. The quantitative estimate of drug-likeness (QED) is 0.563. The number of carbonyl (C=O) groups is 1. The summed E-state index contributed by atoms with van der Waals surface area (Å²) in [6, 6.07) is 14.2. The van der Waals surface area contributed by atoms with Crippen molar-refractivity contribution in [3.63, 3.8) is 0 Å². The monoisotopic (exact) mass is 433 g/mol. The van der Waals surface area contributed by atoms with Crippen LogP contribution in [0.4, 0.5) is 5.69 Å². The Hall–Kier alpha value is -2.82. The topological polar surface area (TPSA) is 68.1 Å². The molecular formula is C27H31NO4. The third-order valence-electron chi connectivity index (χ3n) is 7.74. The van der Waals surface area contributed by atoms with E-state index >= 15 is 0 Å². The zero-order valence-electron chi connectivity index (χ0n) is 18.8. The standard InChI is InChI=1S/C27H31NO4/c1-17(26(29)30)32-25-21(4-3-5-24(25)31-2)16-28-23-8-6-22(7-9-23)27-13-18-10-19(14-27)12-20(11-18)15-27/h3-9,16-20H,10-15H2,1-2H3,(H,29,30)/t17-,18?,19?,20?,27?/m0/s1. The fourth-order valence-corrected chi connectivity index (χ4v) is 6.66. The summed E-state index contributed by atoms with van der Waals surface area (Å²) in [7, 11) is 1.54. The van der Waals surface area contributed by atoms with E-state index < -0.39 is 12.1 Å². The van der Waals surface area contributed by atoms with Gasteiger partial charge in [0, 0.05) is 11.8 Å². The SMILES string of the molecule is COc1cccc(C=Nc2ccc(C34CC5CC(CC(C5)C3)C4)cc2)c1O[C@@H](C)C(=O)O. The van der Waals surface area contributed by atoms with Gasteiger partial charge in [-0.25, -0.2) is 4.79 Å². The first-order valence-corrected chi connectivity index (χ1v) is 11.7. The van der Waals surface area contributed by atoms with E-state index in [1.165, 1.54) is 58.1 Å². The molecule has 4 saturated carbocycles. The molecule has 0 spiro atoms. The molecule has 0 aromatic heterocycles. The number of benzene rings is 2. The highest BCUT2D eigenvalue weighted by Crippen LogP contribution is 2.60. The van der Waals surface area contributed by atoms with Crippen molar-refractivity contribution in [2.75, 3.05) is 7.11 Å². The van der Waals surface area contributed by atoms with Gasteiger partial charge in [0.05, 0.1) is 12.8 Å². The first-order chi connectivity index (χ1) is 15.5. The summed E-state index contributed by atoms with van der Waals surface area (Å²) in [6.07, 6.45) is 9.15. The highest BCUT2D eigenvalue weighted by atomic mass is 16.5. The molecule has 1 N–H and O–H groups in total. The molecule has 4 aliphatic rings. The fraction of sp³-hybridized carbons (Fsp3) is 0.481. The molecule has 4 bridgehead atoms. The van der Waals surface area contributed by atoms with Gasteiger partial charge in [0.25, 0.3) is 0 Å². The molecule has 5 nitrogen and oxygen atoms in total. The van der Waals surface area contributed by atoms with Crippen molar-refractivity contribution in [1.29, 1.82) is 0 Å². The summed E-state index contributed by atoms with van der Waals surface area (Å²) in [5, 5.41) is 9.22. The molecule has 32 heavy (non-hydrogen) atoms. The number of aliphatic imine (C=N–C) groups is 1. The number of carboxylic acid groups (broad SMARTS) is 1. The minimum atomic E-state index is -1.03. The molecule has 1 atom stereocenters. The molecule has 4 fully saturated rings. The van der Waals surface area contributed by atoms with Gasteiger partial charge in [0.1, 0.15) is 0 Å². The van der Waals surface area contributed by atoms with E-state index in [0.717, 1.165) is 23.4 Å². The van der Waals surface area contributed by atoms with Crippen LogP contribution in [0, 0.1) is 17.8 Å². The van der Waals surface area contributed by atoms with Crippen LogP contribution in [0.5, 0.6) is 11.5 Å². The van der Waals surface area contributed by atoms with Gasteiger partial charge in [0.15, 0.2) is 17.6 Å². The predicted molar refractivity (Wildman–Crippen MR) is 124 cm³/mol. The number of hydrogen-bond donors (Lipinski definition) is 1. The molecule has 0 saturated heterocycles. The van der Waals surface area contributed by atoms with Gasteiger partial charge in [-0.3, -0.25) is 4.99 Å². The minimum Gasteiger partial charge on any atom is -0.493 e. The van der Waals surface area contributed by atoms with Crippen LogP contribution in [-0.4, -0.2) is 30.5 Å². The second-order valence-corrected chi connectivity index (χ2v) is 9.98. The molecule has 2 aromatic carbocycles. The van der Waals surface area contributed by atoms with Crippen LogP contribution in [0.3, 0.4) is 0 Å². The largest absolute Gasteiger partial charge is 0.493 e. The van der Waals surface area contributed by atoms with Crippen molar-refractivity contribution >= 4 is 17.9 Å². The van der Waals surface area contributed by atoms with Crippen molar-refractivity contribution in [2.45, 2.75) is 57.0 Å². The lowest BCUT2D eigenvalue weighted by atomic mass is 9.48. The molecular weight excluding hydrogens is 402 g/mol. The van der Waals surface area contributed by atoms with Crippen molar-refractivity contribution < 1.29 is 19.4 Å². The Kier molecular flexibility index (Phi) is 5.44. The van der Waals surface area contributed by atoms with Gasteiger partial charge in [0.2, 0.25) is 0 Å². The fourth-order valence-electron chi connectivity index (χ4n) is 6.66. The zero-order chi connectivity index (χ0) is 22.3. The van der Waals surface area contributed by atoms with Crippen LogP contribution >= 0.6 is 0 Å². The van der Waals surface area contributed by atoms with Gasteiger partial charge in [-0.15, -0.1) is 0 Å². The second-order valence-electron chi connectivity index (χ2n) is 9.98. The molecule has 0 amide bonds. The van der Waals surface area contributed by atoms with Crippen molar-refractivity contribution in [3.8, 4) is 11.5 Å². The van der Waals surface area contributed by atoms with Crippen LogP contribution in [0.2, 0.25) is 0 Å². The van der Waals surface area contributed by atoms with E-state index in [4.69, 9.17) is 9.47 Å². The number of nitrogens with zero attached hydrogens (tertiary/aromatic N) is 1. The van der Waals surface area contributed by atoms with Crippen LogP contribution in [0.1, 0.15) is 56.6 Å². The summed E-state index contributed by atoms with van der Waals surface area (Å²) in [5.74, 6) is 2.63. The number of para-hydroxylation sites is 1. The smallest absolute Gasteiger partial charge is 0.344 e. The third-order valence-corrected chi connectivity index (χ3v) is 7.74. The first-order valence-electron chi connectivity index (χ1n) is 11.7. The molecule has 168 valence electrons. The Morgan fingerprint density at radius 2 is 1.69 bits per heavy atom. The number of methoxy groups -OCH3 is 1. The van der Waals surface area contributed by atoms with Gasteiger partial charge < -0.3 is 14.6 Å². The van der Waals surface area contributed by atoms with E-state index in [-0.39, 0.29) is 0 Å². The van der Waals surface area contributed by atoms with Crippen molar-refractivity contribution in [3.05, 3.63) is 53.6 Å². The normalized spacial score (nSPS) is 29.2. The summed E-state index contributed by atoms with van der Waals surface area (Å²) in [5.41, 5.74) is 3.43. The summed E-state index contributed by atoms with van der Waals surface area (Å²) < 4.78 is 11.0. The summed E-state index contributed by atoms with van der Waals surface area (Å²) in [6.45, 7) is 1.50. The summed E-state index contributed by atoms with van der Waals surface area (Å²) in [4.78, 5) is 15.9. The van der Waals surface area contributed by atoms with E-state index in [9.17, 15) is 9.90 Å². The lowest BCUT2D eigenvalue weighted by Gasteiger charge is -2.57. The van der Waals surface area contributed by atoms with Gasteiger partial charge in [-0.1, -0.05) is 18.2 Å². The molecule has 0 radical (unpaired) electrons. The molecule has 5 heteroatoms. The molecule has 0 heterocycles. The molecule has 6 rings (SSSR count). The number of ether oxygens (including phenoxy) is 2. The van der Waals surface area contributed by atoms with Gasteiger partial charge >= 0.3 is 5.97 Å². The zero-order valence-corrected chi connectivity index (χ0v) is 18.8. The van der Waals surface area contributed by atoms with Gasteiger partial charge in [-0.05, 0) is 98.4 Å². The maximum Gasteiger partial charge on any atom is 0.344 e. The number of rotatable bonds is 7. The predicted octanol–water partition coefficient (Wildman–Crippen LogP) is 5.77. The molecule has 0 aliphatic heterocycles. The molecule has 0 unspecified atom stereocenters. The Balaban J connectivity index is 1.36. The Labute approximate surface area is 189 Å². The van der Waals surface area contributed by atoms with E-state index in [2.05, 4.69) is 29.3 Å². The van der Waals surface area contributed by atoms with Gasteiger partial charge in [-0.2, -0.15) is 0 Å². The van der Waals surface area contributed by atoms with E-state index in [0.29, 0.717) is 22.5 Å². The first kappa shape index (κ1) is 21.0. The molecule has 4 aliphatic carbocycles. The van der Waals surface area contributed by atoms with Crippen molar-refractivity contribution in [1.82, 2.24) is 0 Å². The average molecular weight is 434 g/mol. The van der Waals surface area contributed by atoms with Crippen LogP contribution in [0.25, 0.3) is 0 Å². The van der Waals surface area contributed by atoms with Crippen LogP contribution in [0.15, 0.2) is 47.5 Å². The highest BCUT2D eigenvalue weighted by Gasteiger charge is 2.51. The minimum absolute atomic E-state index is 0.387. The van der Waals surface area contributed by atoms with Crippen molar-refractivity contribution in [2.24, 2.45) is 22.7 Å². The highest BCUT2D eigenvalue weighted by molar-refractivity contribution is 5.87. The average Bonchev–Trinajstić information content (AvgIpc) is 2.77. The maximum atomic E-state index is 11.3. The number of aliphatic carboxylic acids is 1. The van der Waals surface area contributed by atoms with Crippen LogP contribution < -0.4 is 9.47 Å². The third kappa shape index (κ3) is 3.89.